The van der Waals surface area contributed by atoms with Gasteiger partial charge >= 0.3 is 0 Å². The number of aryl methyl sites for hydroxylation is 1. The third kappa shape index (κ3) is 2.42. The molecule has 0 aliphatic rings. The zero-order chi connectivity index (χ0) is 13.8. The number of ether oxygens (including phenoxy) is 1. The first-order valence-electron chi connectivity index (χ1n) is 6.04. The highest BCUT2D eigenvalue weighted by molar-refractivity contribution is 6.11. The van der Waals surface area contributed by atoms with E-state index in [9.17, 15) is 4.79 Å². The zero-order valence-corrected chi connectivity index (χ0v) is 11.0. The van der Waals surface area contributed by atoms with Crippen molar-refractivity contribution in [1.82, 2.24) is 15.0 Å². The third-order valence-corrected chi connectivity index (χ3v) is 2.82. The Kier molecular flexibility index (Phi) is 3.79. The molecule has 0 unspecified atom stereocenters. The number of nitrogens with zero attached hydrogens (tertiary/aromatic N) is 3. The molecule has 0 spiro atoms. The van der Waals surface area contributed by atoms with Crippen molar-refractivity contribution < 1.29 is 9.53 Å². The summed E-state index contributed by atoms with van der Waals surface area (Å²) in [5, 5.41) is 7.68. The van der Waals surface area contributed by atoms with Crippen LogP contribution in [-0.4, -0.2) is 27.9 Å². The molecule has 0 aliphatic heterocycles. The Morgan fingerprint density at radius 2 is 2.26 bits per heavy atom. The SMILES string of the molecule is CCCn1nncc1C(=O)c1cccc(OC)c1N. The second kappa shape index (κ2) is 5.51. The zero-order valence-electron chi connectivity index (χ0n) is 11.0. The van der Waals surface area contributed by atoms with Crippen LogP contribution >= 0.6 is 0 Å². The Hall–Kier alpha value is -2.37. The van der Waals surface area contributed by atoms with Crippen molar-refractivity contribution in [2.75, 3.05) is 12.8 Å². The molecule has 0 bridgehead atoms. The molecule has 0 atom stereocenters. The summed E-state index contributed by atoms with van der Waals surface area (Å²) in [5.74, 6) is 0.287. The van der Waals surface area contributed by atoms with Crippen molar-refractivity contribution in [2.24, 2.45) is 0 Å². The lowest BCUT2D eigenvalue weighted by Gasteiger charge is -2.09. The smallest absolute Gasteiger partial charge is 0.214 e. The topological polar surface area (TPSA) is 83.0 Å². The van der Waals surface area contributed by atoms with Crippen molar-refractivity contribution in [3.05, 3.63) is 35.7 Å². The number of rotatable bonds is 5. The van der Waals surface area contributed by atoms with Gasteiger partial charge < -0.3 is 10.5 Å². The van der Waals surface area contributed by atoms with Gasteiger partial charge in [-0.3, -0.25) is 4.79 Å². The van der Waals surface area contributed by atoms with Gasteiger partial charge in [0.05, 0.1) is 24.6 Å². The van der Waals surface area contributed by atoms with Gasteiger partial charge in [-0.05, 0) is 18.6 Å². The summed E-state index contributed by atoms with van der Waals surface area (Å²) >= 11 is 0. The Morgan fingerprint density at radius 3 is 2.95 bits per heavy atom. The molecular formula is C13H16N4O2. The monoisotopic (exact) mass is 260 g/mol. The standard InChI is InChI=1S/C13H16N4O2/c1-3-7-17-10(8-15-16-17)13(18)9-5-4-6-11(19-2)12(9)14/h4-6,8H,3,7,14H2,1-2H3. The van der Waals surface area contributed by atoms with Crippen molar-refractivity contribution >= 4 is 11.5 Å². The first kappa shape index (κ1) is 13.1. The fourth-order valence-corrected chi connectivity index (χ4v) is 1.87. The second-order valence-corrected chi connectivity index (χ2v) is 4.09. The van der Waals surface area contributed by atoms with Crippen LogP contribution in [0.1, 0.15) is 29.4 Å². The van der Waals surface area contributed by atoms with E-state index in [-0.39, 0.29) is 5.78 Å². The predicted octanol–water partition coefficient (Wildman–Crippen LogP) is 1.51. The van der Waals surface area contributed by atoms with E-state index in [2.05, 4.69) is 10.3 Å². The number of benzene rings is 1. The van der Waals surface area contributed by atoms with Crippen molar-refractivity contribution in [3.8, 4) is 5.75 Å². The van der Waals surface area contributed by atoms with Gasteiger partial charge in [0, 0.05) is 6.54 Å². The maximum absolute atomic E-state index is 12.5. The van der Waals surface area contributed by atoms with Gasteiger partial charge in [0.25, 0.3) is 0 Å². The van der Waals surface area contributed by atoms with E-state index in [1.807, 2.05) is 6.92 Å². The van der Waals surface area contributed by atoms with Crippen LogP contribution < -0.4 is 10.5 Å². The van der Waals surface area contributed by atoms with Gasteiger partial charge in [0.2, 0.25) is 5.78 Å². The minimum Gasteiger partial charge on any atom is -0.495 e. The molecule has 0 radical (unpaired) electrons. The quantitative estimate of drug-likeness (QED) is 0.650. The molecule has 6 nitrogen and oxygen atoms in total. The Bertz CT molecular complexity index is 592. The molecule has 100 valence electrons. The lowest BCUT2D eigenvalue weighted by molar-refractivity contribution is 0.102. The maximum Gasteiger partial charge on any atom is 0.214 e. The normalized spacial score (nSPS) is 10.4. The highest BCUT2D eigenvalue weighted by Gasteiger charge is 2.19. The largest absolute Gasteiger partial charge is 0.495 e. The number of methoxy groups -OCH3 is 1. The molecule has 2 rings (SSSR count). The summed E-state index contributed by atoms with van der Waals surface area (Å²) in [6, 6.07) is 5.12. The summed E-state index contributed by atoms with van der Waals surface area (Å²) in [7, 11) is 1.52. The highest BCUT2D eigenvalue weighted by atomic mass is 16.5. The van der Waals surface area contributed by atoms with Crippen LogP contribution in [0.25, 0.3) is 0 Å². The van der Waals surface area contributed by atoms with Crippen LogP contribution in [0, 0.1) is 0 Å². The molecule has 19 heavy (non-hydrogen) atoms. The number of aromatic nitrogens is 3. The maximum atomic E-state index is 12.5. The van der Waals surface area contributed by atoms with Gasteiger partial charge in [-0.2, -0.15) is 0 Å². The van der Waals surface area contributed by atoms with Crippen molar-refractivity contribution in [2.45, 2.75) is 19.9 Å². The number of nitrogens with two attached hydrogens (primary N) is 1. The van der Waals surface area contributed by atoms with Crippen molar-refractivity contribution in [1.29, 1.82) is 0 Å². The molecule has 6 heteroatoms. The number of carbonyl (C=O) groups excluding carboxylic acids is 1. The molecule has 0 amide bonds. The molecule has 0 saturated carbocycles. The van der Waals surface area contributed by atoms with E-state index in [1.54, 1.807) is 22.9 Å². The van der Waals surface area contributed by atoms with Gasteiger partial charge in [-0.25, -0.2) is 4.68 Å². The number of anilines is 1. The Labute approximate surface area is 111 Å². The number of nitrogen functional groups attached to an aromatic ring is 1. The van der Waals surface area contributed by atoms with Crippen molar-refractivity contribution in [3.63, 3.8) is 0 Å². The van der Waals surface area contributed by atoms with Crippen LogP contribution in [0.5, 0.6) is 5.75 Å². The van der Waals surface area contributed by atoms with E-state index in [1.165, 1.54) is 13.3 Å². The molecule has 2 aromatic rings. The number of ketones is 1. The molecule has 2 N–H and O–H groups in total. The summed E-state index contributed by atoms with van der Waals surface area (Å²) in [6.07, 6.45) is 2.33. The minimum atomic E-state index is -0.199. The fourth-order valence-electron chi connectivity index (χ4n) is 1.87. The van der Waals surface area contributed by atoms with Crippen LogP contribution in [0.3, 0.4) is 0 Å². The van der Waals surface area contributed by atoms with Crippen LogP contribution in [0.4, 0.5) is 5.69 Å². The van der Waals surface area contributed by atoms with E-state index >= 15 is 0 Å². The molecular weight excluding hydrogens is 244 g/mol. The highest BCUT2D eigenvalue weighted by Crippen LogP contribution is 2.26. The lowest BCUT2D eigenvalue weighted by Crippen LogP contribution is -2.13. The summed E-state index contributed by atoms with van der Waals surface area (Å²) in [4.78, 5) is 12.5. The fraction of sp³-hybridized carbons (Fsp3) is 0.308. The molecule has 1 aromatic carbocycles. The van der Waals surface area contributed by atoms with E-state index in [0.29, 0.717) is 29.2 Å². The third-order valence-electron chi connectivity index (χ3n) is 2.82. The molecule has 0 fully saturated rings. The van der Waals surface area contributed by atoms with Gasteiger partial charge in [0.15, 0.2) is 0 Å². The number of para-hydroxylation sites is 1. The van der Waals surface area contributed by atoms with Crippen LogP contribution in [-0.2, 0) is 6.54 Å². The Morgan fingerprint density at radius 1 is 1.47 bits per heavy atom. The van der Waals surface area contributed by atoms with Gasteiger partial charge in [-0.15, -0.1) is 5.10 Å². The summed E-state index contributed by atoms with van der Waals surface area (Å²) in [5.41, 5.74) is 7.10. The Balaban J connectivity index is 2.41. The van der Waals surface area contributed by atoms with Crippen LogP contribution in [0.15, 0.2) is 24.4 Å². The number of hydrogen-bond acceptors (Lipinski definition) is 5. The van der Waals surface area contributed by atoms with Gasteiger partial charge in [0.1, 0.15) is 11.4 Å². The van der Waals surface area contributed by atoms with Crippen LogP contribution in [0.2, 0.25) is 0 Å². The molecule has 1 heterocycles. The first-order valence-corrected chi connectivity index (χ1v) is 6.04. The van der Waals surface area contributed by atoms with E-state index in [0.717, 1.165) is 6.42 Å². The number of carbonyl (C=O) groups is 1. The average Bonchev–Trinajstić information content (AvgIpc) is 2.87. The van der Waals surface area contributed by atoms with Gasteiger partial charge in [-0.1, -0.05) is 18.2 Å². The predicted molar refractivity (Wildman–Crippen MR) is 71.2 cm³/mol. The van der Waals surface area contributed by atoms with E-state index in [4.69, 9.17) is 10.5 Å². The van der Waals surface area contributed by atoms with E-state index < -0.39 is 0 Å². The average molecular weight is 260 g/mol. The lowest BCUT2D eigenvalue weighted by atomic mass is 10.1. The number of hydrogen-bond donors (Lipinski definition) is 1. The minimum absolute atomic E-state index is 0.199. The second-order valence-electron chi connectivity index (χ2n) is 4.09. The summed E-state index contributed by atoms with van der Waals surface area (Å²) in [6.45, 7) is 2.65. The first-order chi connectivity index (χ1) is 9.19. The molecule has 0 aliphatic carbocycles. The summed E-state index contributed by atoms with van der Waals surface area (Å²) < 4.78 is 6.70. The molecule has 0 saturated heterocycles. The molecule has 1 aromatic heterocycles.